The molecule has 0 aromatic heterocycles. The van der Waals surface area contributed by atoms with Crippen LogP contribution < -0.4 is 10.2 Å². The molecule has 0 aliphatic carbocycles. The van der Waals surface area contributed by atoms with Gasteiger partial charge in [0, 0.05) is 5.69 Å². The predicted octanol–water partition coefficient (Wildman–Crippen LogP) is 0.715. The molecule has 100 valence electrons. The van der Waals surface area contributed by atoms with Crippen LogP contribution in [0, 0.1) is 12.3 Å². The van der Waals surface area contributed by atoms with Crippen LogP contribution in [0.2, 0.25) is 0 Å². The SMILES string of the molecule is C#CCNC(=O)C(C)N(CC(=O)O)c1ccccc1. The summed E-state index contributed by atoms with van der Waals surface area (Å²) >= 11 is 0. The number of nitrogens with one attached hydrogen (secondary N) is 1. The molecule has 0 saturated carbocycles. The molecule has 1 unspecified atom stereocenters. The number of anilines is 1. The van der Waals surface area contributed by atoms with Crippen molar-refractivity contribution in [3.63, 3.8) is 0 Å². The number of rotatable bonds is 6. The standard InChI is InChI=1S/C14H16N2O3/c1-3-9-15-14(19)11(2)16(10-13(17)18)12-7-5-4-6-8-12/h1,4-8,11H,9-10H2,2H3,(H,15,19)(H,17,18). The van der Waals surface area contributed by atoms with E-state index in [2.05, 4.69) is 11.2 Å². The molecule has 0 bridgehead atoms. The van der Waals surface area contributed by atoms with Gasteiger partial charge in [0.25, 0.3) is 0 Å². The quantitative estimate of drug-likeness (QED) is 0.739. The maximum atomic E-state index is 11.9. The molecule has 0 saturated heterocycles. The van der Waals surface area contributed by atoms with Crippen molar-refractivity contribution < 1.29 is 14.7 Å². The molecule has 0 fully saturated rings. The van der Waals surface area contributed by atoms with E-state index in [1.54, 1.807) is 31.2 Å². The molecule has 1 aromatic carbocycles. The number of hydrogen-bond donors (Lipinski definition) is 2. The van der Waals surface area contributed by atoms with Crippen molar-refractivity contribution in [2.75, 3.05) is 18.0 Å². The van der Waals surface area contributed by atoms with E-state index in [4.69, 9.17) is 11.5 Å². The van der Waals surface area contributed by atoms with Gasteiger partial charge >= 0.3 is 5.97 Å². The van der Waals surface area contributed by atoms with Gasteiger partial charge in [-0.25, -0.2) is 0 Å². The van der Waals surface area contributed by atoms with E-state index in [1.165, 1.54) is 4.90 Å². The van der Waals surface area contributed by atoms with E-state index in [0.717, 1.165) is 0 Å². The van der Waals surface area contributed by atoms with E-state index in [0.29, 0.717) is 5.69 Å². The van der Waals surface area contributed by atoms with Gasteiger partial charge in [-0.3, -0.25) is 9.59 Å². The highest BCUT2D eigenvalue weighted by Crippen LogP contribution is 2.16. The van der Waals surface area contributed by atoms with Crippen LogP contribution in [0.4, 0.5) is 5.69 Å². The fraction of sp³-hybridized carbons (Fsp3) is 0.286. The second kappa shape index (κ2) is 7.07. The lowest BCUT2D eigenvalue weighted by molar-refractivity contribution is -0.135. The minimum Gasteiger partial charge on any atom is -0.480 e. The number of amides is 1. The molecule has 1 amide bonds. The number of carboxylic acid groups (broad SMARTS) is 1. The fourth-order valence-corrected chi connectivity index (χ4v) is 1.64. The molecule has 1 aromatic rings. The van der Waals surface area contributed by atoms with Gasteiger partial charge < -0.3 is 15.3 Å². The number of carboxylic acids is 1. The van der Waals surface area contributed by atoms with E-state index in [1.807, 2.05) is 6.07 Å². The average Bonchev–Trinajstić information content (AvgIpc) is 2.42. The monoisotopic (exact) mass is 260 g/mol. The van der Waals surface area contributed by atoms with E-state index in [9.17, 15) is 9.59 Å². The fourth-order valence-electron chi connectivity index (χ4n) is 1.64. The first kappa shape index (κ1) is 14.6. The summed E-state index contributed by atoms with van der Waals surface area (Å²) in [6, 6.07) is 8.30. The lowest BCUT2D eigenvalue weighted by atomic mass is 10.2. The predicted molar refractivity (Wildman–Crippen MR) is 72.7 cm³/mol. The molecular weight excluding hydrogens is 244 g/mol. The van der Waals surface area contributed by atoms with Gasteiger partial charge in [0.15, 0.2) is 0 Å². The Labute approximate surface area is 112 Å². The smallest absolute Gasteiger partial charge is 0.323 e. The lowest BCUT2D eigenvalue weighted by Gasteiger charge is -2.28. The summed E-state index contributed by atoms with van der Waals surface area (Å²) in [6.45, 7) is 1.51. The zero-order valence-electron chi connectivity index (χ0n) is 10.7. The van der Waals surface area contributed by atoms with Crippen molar-refractivity contribution >= 4 is 17.6 Å². The Bertz CT molecular complexity index is 479. The van der Waals surface area contributed by atoms with Crippen LogP contribution >= 0.6 is 0 Å². The molecule has 5 nitrogen and oxygen atoms in total. The van der Waals surface area contributed by atoms with E-state index < -0.39 is 12.0 Å². The van der Waals surface area contributed by atoms with Crippen molar-refractivity contribution in [1.29, 1.82) is 0 Å². The third-order valence-electron chi connectivity index (χ3n) is 2.61. The summed E-state index contributed by atoms with van der Waals surface area (Å²) in [5, 5.41) is 11.5. The molecular formula is C14H16N2O3. The number of carbonyl (C=O) groups excluding carboxylic acids is 1. The Kier molecular flexibility index (Phi) is 5.42. The van der Waals surface area contributed by atoms with Crippen LogP contribution in [0.5, 0.6) is 0 Å². The summed E-state index contributed by atoms with van der Waals surface area (Å²) in [5.74, 6) is 1.00. The Morgan fingerprint density at radius 1 is 1.42 bits per heavy atom. The largest absolute Gasteiger partial charge is 0.480 e. The number of nitrogens with zero attached hydrogens (tertiary/aromatic N) is 1. The number of benzene rings is 1. The van der Waals surface area contributed by atoms with Gasteiger partial charge in [0.2, 0.25) is 5.91 Å². The van der Waals surface area contributed by atoms with Crippen LogP contribution in [0.15, 0.2) is 30.3 Å². The molecule has 0 spiro atoms. The summed E-state index contributed by atoms with van der Waals surface area (Å²) in [4.78, 5) is 24.3. The third kappa shape index (κ3) is 4.36. The topological polar surface area (TPSA) is 69.6 Å². The lowest BCUT2D eigenvalue weighted by Crippen LogP contribution is -2.47. The average molecular weight is 260 g/mol. The summed E-state index contributed by atoms with van der Waals surface area (Å²) in [5.41, 5.74) is 0.674. The third-order valence-corrected chi connectivity index (χ3v) is 2.61. The van der Waals surface area contributed by atoms with Crippen LogP contribution in [-0.4, -0.2) is 36.1 Å². The van der Waals surface area contributed by atoms with Crippen molar-refractivity contribution in [2.24, 2.45) is 0 Å². The van der Waals surface area contributed by atoms with Crippen LogP contribution in [0.1, 0.15) is 6.92 Å². The Morgan fingerprint density at radius 2 is 2.05 bits per heavy atom. The van der Waals surface area contributed by atoms with Crippen molar-refractivity contribution in [1.82, 2.24) is 5.32 Å². The van der Waals surface area contributed by atoms with E-state index in [-0.39, 0.29) is 19.0 Å². The molecule has 0 heterocycles. The maximum absolute atomic E-state index is 11.9. The molecule has 1 rings (SSSR count). The number of terminal acetylenes is 1. The van der Waals surface area contributed by atoms with Gasteiger partial charge in [0.05, 0.1) is 6.54 Å². The molecule has 2 N–H and O–H groups in total. The summed E-state index contributed by atoms with van der Waals surface area (Å²) in [6.07, 6.45) is 5.07. The van der Waals surface area contributed by atoms with E-state index >= 15 is 0 Å². The number of carbonyl (C=O) groups is 2. The second-order valence-corrected chi connectivity index (χ2v) is 3.96. The summed E-state index contributed by atoms with van der Waals surface area (Å²) in [7, 11) is 0. The van der Waals surface area contributed by atoms with Crippen molar-refractivity contribution in [3.8, 4) is 12.3 Å². The Balaban J connectivity index is 2.88. The molecule has 0 aliphatic rings. The minimum absolute atomic E-state index is 0.124. The van der Waals surface area contributed by atoms with Gasteiger partial charge in [-0.2, -0.15) is 0 Å². The number of para-hydroxylation sites is 1. The van der Waals surface area contributed by atoms with Gasteiger partial charge in [0.1, 0.15) is 12.6 Å². The highest BCUT2D eigenvalue weighted by molar-refractivity contribution is 5.87. The maximum Gasteiger partial charge on any atom is 0.323 e. The van der Waals surface area contributed by atoms with Gasteiger partial charge in [-0.1, -0.05) is 24.1 Å². The first-order valence-corrected chi connectivity index (χ1v) is 5.81. The Hall–Kier alpha value is -2.48. The van der Waals surface area contributed by atoms with Gasteiger partial charge in [-0.05, 0) is 19.1 Å². The van der Waals surface area contributed by atoms with Gasteiger partial charge in [-0.15, -0.1) is 6.42 Å². The molecule has 19 heavy (non-hydrogen) atoms. The number of hydrogen-bond acceptors (Lipinski definition) is 3. The second-order valence-electron chi connectivity index (χ2n) is 3.96. The van der Waals surface area contributed by atoms with Crippen LogP contribution in [-0.2, 0) is 9.59 Å². The van der Waals surface area contributed by atoms with Crippen molar-refractivity contribution in [2.45, 2.75) is 13.0 Å². The zero-order valence-corrected chi connectivity index (χ0v) is 10.7. The molecule has 1 atom stereocenters. The zero-order chi connectivity index (χ0) is 14.3. The first-order chi connectivity index (χ1) is 9.06. The molecule has 0 radical (unpaired) electrons. The molecule has 0 aliphatic heterocycles. The van der Waals surface area contributed by atoms with Crippen LogP contribution in [0.3, 0.4) is 0 Å². The highest BCUT2D eigenvalue weighted by Gasteiger charge is 2.23. The Morgan fingerprint density at radius 3 is 2.58 bits per heavy atom. The minimum atomic E-state index is -1.000. The van der Waals surface area contributed by atoms with Crippen LogP contribution in [0.25, 0.3) is 0 Å². The molecule has 5 heteroatoms. The first-order valence-electron chi connectivity index (χ1n) is 5.81. The summed E-state index contributed by atoms with van der Waals surface area (Å²) < 4.78 is 0. The highest BCUT2D eigenvalue weighted by atomic mass is 16.4. The van der Waals surface area contributed by atoms with Crippen molar-refractivity contribution in [3.05, 3.63) is 30.3 Å². The normalized spacial score (nSPS) is 11.2. The number of aliphatic carboxylic acids is 1.